The van der Waals surface area contributed by atoms with Gasteiger partial charge in [-0.15, -0.1) is 0 Å². The maximum atomic E-state index is 14.1. The molecule has 2 bridgehead atoms. The van der Waals surface area contributed by atoms with Gasteiger partial charge in [-0.05, 0) is 49.7 Å². The van der Waals surface area contributed by atoms with Gasteiger partial charge in [0.2, 0.25) is 0 Å². The smallest absolute Gasteiger partial charge is 0.131 e. The molecule has 3 heteroatoms. The molecular weight excluding hydrogens is 265 g/mol. The second-order valence-corrected chi connectivity index (χ2v) is 7.66. The zero-order valence-corrected chi connectivity index (χ0v) is 13.4. The van der Waals surface area contributed by atoms with Crippen molar-refractivity contribution in [3.63, 3.8) is 0 Å². The fraction of sp³-hybridized carbons (Fsp3) is 0.667. The third-order valence-electron chi connectivity index (χ3n) is 6.45. The average Bonchev–Trinajstić information content (AvgIpc) is 2.71. The minimum atomic E-state index is -0.361. The summed E-state index contributed by atoms with van der Waals surface area (Å²) in [5, 5.41) is 0. The molecule has 0 radical (unpaired) electrons. The Labute approximate surface area is 126 Å². The second kappa shape index (κ2) is 4.70. The Balaban J connectivity index is 1.91. The number of ether oxygens (including phenoxy) is 1. The van der Waals surface area contributed by atoms with Gasteiger partial charge in [0.25, 0.3) is 0 Å². The average molecular weight is 291 g/mol. The number of nitrogens with two attached hydrogens (primary N) is 1. The van der Waals surface area contributed by atoms with Crippen LogP contribution in [-0.2, 0) is 0 Å². The molecule has 0 aliphatic heterocycles. The molecule has 4 atom stereocenters. The van der Waals surface area contributed by atoms with E-state index in [1.165, 1.54) is 18.9 Å². The summed E-state index contributed by atoms with van der Waals surface area (Å²) in [5.74, 6) is 1.06. The molecule has 2 fully saturated rings. The molecule has 2 nitrogen and oxygen atoms in total. The van der Waals surface area contributed by atoms with Crippen molar-refractivity contribution in [2.75, 3.05) is 0 Å². The summed E-state index contributed by atoms with van der Waals surface area (Å²) in [6.45, 7) is 8.84. The normalized spacial score (nSPS) is 35.0. The van der Waals surface area contributed by atoms with Crippen molar-refractivity contribution in [1.82, 2.24) is 0 Å². The monoisotopic (exact) mass is 291 g/mol. The van der Waals surface area contributed by atoms with Gasteiger partial charge in [-0.2, -0.15) is 0 Å². The number of halogens is 1. The Bertz CT molecular complexity index is 554. The standard InChI is InChI=1S/C18H26FNO/c1-11(20)16-13(19)6-5-7-14(16)21-15-10-12-8-9-18(15,4)17(12,2)3/h5-7,11-12,15H,8-10,20H2,1-4H3. The zero-order chi connectivity index (χ0) is 15.4. The van der Waals surface area contributed by atoms with Crippen LogP contribution in [0.2, 0.25) is 0 Å². The highest BCUT2D eigenvalue weighted by atomic mass is 19.1. The van der Waals surface area contributed by atoms with Gasteiger partial charge >= 0.3 is 0 Å². The minimum Gasteiger partial charge on any atom is -0.489 e. The van der Waals surface area contributed by atoms with E-state index in [9.17, 15) is 4.39 Å². The van der Waals surface area contributed by atoms with Crippen molar-refractivity contribution in [3.8, 4) is 5.75 Å². The Morgan fingerprint density at radius 2 is 2.05 bits per heavy atom. The summed E-state index contributed by atoms with van der Waals surface area (Å²) < 4.78 is 20.4. The number of hydrogen-bond donors (Lipinski definition) is 1. The topological polar surface area (TPSA) is 35.2 Å². The van der Waals surface area contributed by atoms with E-state index in [0.29, 0.717) is 22.6 Å². The first-order chi connectivity index (χ1) is 9.77. The quantitative estimate of drug-likeness (QED) is 0.893. The molecule has 2 aliphatic rings. The van der Waals surface area contributed by atoms with Crippen LogP contribution in [0.1, 0.15) is 58.6 Å². The zero-order valence-electron chi connectivity index (χ0n) is 13.4. The molecule has 0 heterocycles. The van der Waals surface area contributed by atoms with Gasteiger partial charge in [0.05, 0.1) is 0 Å². The first kappa shape index (κ1) is 14.8. The van der Waals surface area contributed by atoms with Gasteiger partial charge in [-0.1, -0.05) is 26.8 Å². The number of hydrogen-bond acceptors (Lipinski definition) is 2. The van der Waals surface area contributed by atoms with Gasteiger partial charge in [-0.3, -0.25) is 0 Å². The Morgan fingerprint density at radius 1 is 1.33 bits per heavy atom. The maximum absolute atomic E-state index is 14.1. The van der Waals surface area contributed by atoms with E-state index in [2.05, 4.69) is 20.8 Å². The lowest BCUT2D eigenvalue weighted by atomic mass is 9.70. The van der Waals surface area contributed by atoms with E-state index in [-0.39, 0.29) is 23.4 Å². The highest BCUT2D eigenvalue weighted by Gasteiger charge is 2.62. The summed E-state index contributed by atoms with van der Waals surface area (Å²) in [7, 11) is 0. The molecule has 116 valence electrons. The summed E-state index contributed by atoms with van der Waals surface area (Å²) in [4.78, 5) is 0. The van der Waals surface area contributed by atoms with Crippen molar-refractivity contribution in [1.29, 1.82) is 0 Å². The van der Waals surface area contributed by atoms with Gasteiger partial charge in [0, 0.05) is 17.0 Å². The molecule has 2 aliphatic carbocycles. The Kier molecular flexibility index (Phi) is 3.32. The van der Waals surface area contributed by atoms with Crippen LogP contribution in [0.5, 0.6) is 5.75 Å². The predicted molar refractivity (Wildman–Crippen MR) is 82.6 cm³/mol. The lowest BCUT2D eigenvalue weighted by Crippen LogP contribution is -2.39. The molecule has 0 aromatic heterocycles. The number of fused-ring (bicyclic) bond motifs is 2. The van der Waals surface area contributed by atoms with E-state index in [0.717, 1.165) is 6.42 Å². The lowest BCUT2D eigenvalue weighted by Gasteiger charge is -2.39. The predicted octanol–water partition coefficient (Wildman–Crippen LogP) is 4.44. The van der Waals surface area contributed by atoms with Crippen LogP contribution >= 0.6 is 0 Å². The summed E-state index contributed by atoms with van der Waals surface area (Å²) in [6.07, 6.45) is 3.70. The first-order valence-corrected chi connectivity index (χ1v) is 7.98. The summed E-state index contributed by atoms with van der Waals surface area (Å²) >= 11 is 0. The SMILES string of the molecule is CC(N)c1c(F)cccc1OC1CC2CCC1(C)C2(C)C. The number of benzene rings is 1. The third-order valence-corrected chi connectivity index (χ3v) is 6.45. The van der Waals surface area contributed by atoms with Crippen molar-refractivity contribution in [2.24, 2.45) is 22.5 Å². The highest BCUT2D eigenvalue weighted by molar-refractivity contribution is 5.37. The molecule has 0 amide bonds. The molecule has 1 aromatic rings. The lowest BCUT2D eigenvalue weighted by molar-refractivity contribution is 0.0292. The molecule has 0 saturated heterocycles. The third kappa shape index (κ3) is 2.01. The molecule has 1 aromatic carbocycles. The Hall–Kier alpha value is -1.09. The van der Waals surface area contributed by atoms with E-state index in [1.54, 1.807) is 13.0 Å². The van der Waals surface area contributed by atoms with Crippen LogP contribution in [0, 0.1) is 22.6 Å². The maximum Gasteiger partial charge on any atom is 0.131 e. The van der Waals surface area contributed by atoms with E-state index in [1.807, 2.05) is 6.07 Å². The Morgan fingerprint density at radius 3 is 2.57 bits per heavy atom. The molecular formula is C18H26FNO. The molecule has 0 spiro atoms. The van der Waals surface area contributed by atoms with Crippen molar-refractivity contribution in [3.05, 3.63) is 29.6 Å². The first-order valence-electron chi connectivity index (χ1n) is 7.98. The minimum absolute atomic E-state index is 0.158. The largest absolute Gasteiger partial charge is 0.489 e. The van der Waals surface area contributed by atoms with Crippen molar-refractivity contribution in [2.45, 2.75) is 59.1 Å². The van der Waals surface area contributed by atoms with Crippen LogP contribution in [0.4, 0.5) is 4.39 Å². The highest BCUT2D eigenvalue weighted by Crippen LogP contribution is 2.66. The summed E-state index contributed by atoms with van der Waals surface area (Å²) in [6, 6.07) is 4.65. The molecule has 21 heavy (non-hydrogen) atoms. The number of rotatable bonds is 3. The van der Waals surface area contributed by atoms with Crippen LogP contribution in [0.15, 0.2) is 18.2 Å². The fourth-order valence-electron chi connectivity index (χ4n) is 4.52. The van der Waals surface area contributed by atoms with Gasteiger partial charge in [0.1, 0.15) is 17.7 Å². The fourth-order valence-corrected chi connectivity index (χ4v) is 4.52. The van der Waals surface area contributed by atoms with Gasteiger partial charge in [-0.25, -0.2) is 4.39 Å². The second-order valence-electron chi connectivity index (χ2n) is 7.66. The van der Waals surface area contributed by atoms with Crippen LogP contribution in [0.25, 0.3) is 0 Å². The van der Waals surface area contributed by atoms with Crippen molar-refractivity contribution < 1.29 is 9.13 Å². The van der Waals surface area contributed by atoms with Crippen LogP contribution in [-0.4, -0.2) is 6.10 Å². The van der Waals surface area contributed by atoms with E-state index < -0.39 is 0 Å². The van der Waals surface area contributed by atoms with Crippen molar-refractivity contribution >= 4 is 0 Å². The van der Waals surface area contributed by atoms with Gasteiger partial charge < -0.3 is 10.5 Å². The van der Waals surface area contributed by atoms with Gasteiger partial charge in [0.15, 0.2) is 0 Å². The molecule has 2 N–H and O–H groups in total. The van der Waals surface area contributed by atoms with E-state index in [4.69, 9.17) is 10.5 Å². The summed E-state index contributed by atoms with van der Waals surface area (Å²) in [5.41, 5.74) is 6.89. The molecule has 3 rings (SSSR count). The molecule has 4 unspecified atom stereocenters. The van der Waals surface area contributed by atoms with Crippen LogP contribution in [0.3, 0.4) is 0 Å². The molecule has 2 saturated carbocycles. The van der Waals surface area contributed by atoms with E-state index >= 15 is 0 Å². The van der Waals surface area contributed by atoms with Crippen LogP contribution < -0.4 is 10.5 Å².